The summed E-state index contributed by atoms with van der Waals surface area (Å²) in [4.78, 5) is 6.06. The van der Waals surface area contributed by atoms with Crippen LogP contribution < -0.4 is 10.6 Å². The zero-order valence-electron chi connectivity index (χ0n) is 16.1. The van der Waals surface area contributed by atoms with Crippen molar-refractivity contribution in [1.29, 1.82) is 0 Å². The Kier molecular flexibility index (Phi) is 8.93. The lowest BCUT2D eigenvalue weighted by Gasteiger charge is -2.23. The van der Waals surface area contributed by atoms with Crippen molar-refractivity contribution in [2.24, 2.45) is 16.3 Å². The van der Waals surface area contributed by atoms with Crippen LogP contribution in [-0.4, -0.2) is 46.0 Å². The van der Waals surface area contributed by atoms with Crippen LogP contribution in [0.15, 0.2) is 22.5 Å². The fraction of sp³-hybridized carbons (Fsp3) is 0.722. The van der Waals surface area contributed by atoms with Gasteiger partial charge in [0.1, 0.15) is 9.84 Å². The van der Waals surface area contributed by atoms with Crippen LogP contribution in [0.4, 0.5) is 0 Å². The van der Waals surface area contributed by atoms with E-state index in [0.29, 0.717) is 18.9 Å². The number of sulfone groups is 1. The summed E-state index contributed by atoms with van der Waals surface area (Å²) in [6.07, 6.45) is 2.96. The molecule has 0 radical (unpaired) electrons. The van der Waals surface area contributed by atoms with Gasteiger partial charge in [-0.2, -0.15) is 0 Å². The molecule has 1 rings (SSSR count). The van der Waals surface area contributed by atoms with Crippen molar-refractivity contribution in [3.05, 3.63) is 22.4 Å². The molecule has 1 aromatic heterocycles. The number of aliphatic imine (C=N–C) groups is 1. The van der Waals surface area contributed by atoms with Gasteiger partial charge in [0, 0.05) is 30.8 Å². The highest BCUT2D eigenvalue weighted by molar-refractivity contribution is 7.90. The average molecular weight is 388 g/mol. The summed E-state index contributed by atoms with van der Waals surface area (Å²) in [5.41, 5.74) is -0.145. The largest absolute Gasteiger partial charge is 0.357 e. The number of guanidine groups is 1. The highest BCUT2D eigenvalue weighted by atomic mass is 32.2. The van der Waals surface area contributed by atoms with Gasteiger partial charge < -0.3 is 10.6 Å². The van der Waals surface area contributed by atoms with E-state index in [-0.39, 0.29) is 11.2 Å². The summed E-state index contributed by atoms with van der Waals surface area (Å²) in [6.45, 7) is 10.6. The van der Waals surface area contributed by atoms with Gasteiger partial charge in [-0.15, -0.1) is 11.3 Å². The van der Waals surface area contributed by atoms with E-state index in [1.54, 1.807) is 11.3 Å². The van der Waals surface area contributed by atoms with Gasteiger partial charge in [0.05, 0.1) is 5.75 Å². The van der Waals surface area contributed by atoms with Crippen molar-refractivity contribution >= 4 is 27.1 Å². The lowest BCUT2D eigenvalue weighted by atomic mass is 9.90. The van der Waals surface area contributed by atoms with E-state index in [1.165, 1.54) is 11.1 Å². The minimum atomic E-state index is -2.93. The lowest BCUT2D eigenvalue weighted by molar-refractivity contribution is 0.365. The molecule has 25 heavy (non-hydrogen) atoms. The number of nitrogens with one attached hydrogen (secondary N) is 2. The lowest BCUT2D eigenvalue weighted by Crippen LogP contribution is -2.40. The molecule has 0 aromatic carbocycles. The first-order valence-corrected chi connectivity index (χ1v) is 11.8. The van der Waals surface area contributed by atoms with Crippen molar-refractivity contribution in [1.82, 2.24) is 10.6 Å². The third kappa shape index (κ3) is 10.5. The fourth-order valence-corrected chi connectivity index (χ4v) is 4.08. The zero-order valence-corrected chi connectivity index (χ0v) is 17.8. The summed E-state index contributed by atoms with van der Waals surface area (Å²) in [7, 11) is -2.93. The topological polar surface area (TPSA) is 70.6 Å². The Balaban J connectivity index is 2.51. The number of hydrogen-bond acceptors (Lipinski definition) is 4. The van der Waals surface area contributed by atoms with E-state index < -0.39 is 9.84 Å². The quantitative estimate of drug-likeness (QED) is 0.478. The van der Waals surface area contributed by atoms with Gasteiger partial charge in [0.2, 0.25) is 0 Å². The second-order valence-electron chi connectivity index (χ2n) is 7.51. The SMILES string of the molecule is CCNC(=NCC(C)(C)CCS(C)(=O)=O)NCC(C)Cc1cccs1. The molecule has 1 atom stereocenters. The van der Waals surface area contributed by atoms with E-state index in [1.807, 2.05) is 6.92 Å². The number of rotatable bonds is 10. The Morgan fingerprint density at radius 1 is 1.36 bits per heavy atom. The van der Waals surface area contributed by atoms with Crippen molar-refractivity contribution in [3.63, 3.8) is 0 Å². The molecule has 0 saturated carbocycles. The first kappa shape index (κ1) is 22.0. The molecule has 1 aromatic rings. The van der Waals surface area contributed by atoms with Crippen molar-refractivity contribution in [2.75, 3.05) is 31.6 Å². The molecule has 0 amide bonds. The van der Waals surface area contributed by atoms with E-state index in [2.05, 4.69) is 53.9 Å². The van der Waals surface area contributed by atoms with Gasteiger partial charge in [0.25, 0.3) is 0 Å². The average Bonchev–Trinajstić information content (AvgIpc) is 3.00. The molecule has 7 heteroatoms. The molecule has 144 valence electrons. The molecule has 5 nitrogen and oxygen atoms in total. The Morgan fingerprint density at radius 3 is 2.64 bits per heavy atom. The Hall–Kier alpha value is -1.08. The number of hydrogen-bond donors (Lipinski definition) is 2. The fourth-order valence-electron chi connectivity index (χ4n) is 2.29. The number of thiophene rings is 1. The molecule has 1 heterocycles. The molecule has 0 fully saturated rings. The molecule has 0 saturated heterocycles. The Morgan fingerprint density at radius 2 is 2.08 bits per heavy atom. The van der Waals surface area contributed by atoms with E-state index >= 15 is 0 Å². The van der Waals surface area contributed by atoms with Gasteiger partial charge in [-0.3, -0.25) is 4.99 Å². The normalized spacial score (nSPS) is 14.4. The van der Waals surface area contributed by atoms with E-state index in [0.717, 1.165) is 25.5 Å². The Labute approximate surface area is 157 Å². The van der Waals surface area contributed by atoms with E-state index in [4.69, 9.17) is 0 Å². The van der Waals surface area contributed by atoms with Crippen LogP contribution in [0.5, 0.6) is 0 Å². The maximum Gasteiger partial charge on any atom is 0.191 e. The minimum Gasteiger partial charge on any atom is -0.357 e. The molecule has 0 bridgehead atoms. The standard InChI is InChI=1S/C18H33N3O2S2/c1-6-19-17(20-13-15(2)12-16-8-7-10-24-16)21-14-18(3,4)9-11-25(5,22)23/h7-8,10,15H,6,9,11-14H2,1-5H3,(H2,19,20,21). The first-order valence-electron chi connectivity index (χ1n) is 8.83. The van der Waals surface area contributed by atoms with Gasteiger partial charge in [-0.05, 0) is 42.5 Å². The van der Waals surface area contributed by atoms with Crippen LogP contribution in [0.25, 0.3) is 0 Å². The van der Waals surface area contributed by atoms with Crippen molar-refractivity contribution < 1.29 is 8.42 Å². The van der Waals surface area contributed by atoms with Gasteiger partial charge >= 0.3 is 0 Å². The molecule has 2 N–H and O–H groups in total. The van der Waals surface area contributed by atoms with E-state index in [9.17, 15) is 8.42 Å². The monoisotopic (exact) mass is 387 g/mol. The highest BCUT2D eigenvalue weighted by Crippen LogP contribution is 2.21. The summed E-state index contributed by atoms with van der Waals surface area (Å²) in [6, 6.07) is 4.26. The van der Waals surface area contributed by atoms with Crippen LogP contribution >= 0.6 is 11.3 Å². The summed E-state index contributed by atoms with van der Waals surface area (Å²) < 4.78 is 22.7. The minimum absolute atomic E-state index is 0.145. The molecule has 1 unspecified atom stereocenters. The molecule has 0 aliphatic heterocycles. The van der Waals surface area contributed by atoms with Crippen LogP contribution in [0.3, 0.4) is 0 Å². The van der Waals surface area contributed by atoms with Crippen molar-refractivity contribution in [2.45, 2.75) is 40.5 Å². The number of nitrogens with zero attached hydrogens (tertiary/aromatic N) is 1. The summed E-state index contributed by atoms with van der Waals surface area (Å²) in [5.74, 6) is 1.52. The second kappa shape index (κ2) is 10.2. The molecule has 0 aliphatic rings. The molecular formula is C18H33N3O2S2. The maximum absolute atomic E-state index is 11.4. The van der Waals surface area contributed by atoms with Crippen LogP contribution in [0, 0.1) is 11.3 Å². The predicted molar refractivity (Wildman–Crippen MR) is 109 cm³/mol. The van der Waals surface area contributed by atoms with Gasteiger partial charge in [-0.1, -0.05) is 26.8 Å². The first-order chi connectivity index (χ1) is 11.6. The zero-order chi connectivity index (χ0) is 18.9. The Bertz CT molecular complexity index is 623. The van der Waals surface area contributed by atoms with Gasteiger partial charge in [-0.25, -0.2) is 8.42 Å². The molecular weight excluding hydrogens is 354 g/mol. The molecule has 0 aliphatic carbocycles. The van der Waals surface area contributed by atoms with Gasteiger partial charge in [0.15, 0.2) is 5.96 Å². The second-order valence-corrected chi connectivity index (χ2v) is 10.8. The van der Waals surface area contributed by atoms with Crippen LogP contribution in [0.1, 0.15) is 39.0 Å². The van der Waals surface area contributed by atoms with Crippen molar-refractivity contribution in [3.8, 4) is 0 Å². The van der Waals surface area contributed by atoms with Crippen LogP contribution in [-0.2, 0) is 16.3 Å². The van der Waals surface area contributed by atoms with Crippen LogP contribution in [0.2, 0.25) is 0 Å². The summed E-state index contributed by atoms with van der Waals surface area (Å²) >= 11 is 1.79. The third-order valence-corrected chi connectivity index (χ3v) is 5.75. The molecule has 0 spiro atoms. The smallest absolute Gasteiger partial charge is 0.191 e. The summed E-state index contributed by atoms with van der Waals surface area (Å²) in [5, 5.41) is 8.78. The highest BCUT2D eigenvalue weighted by Gasteiger charge is 2.20. The maximum atomic E-state index is 11.4. The predicted octanol–water partition coefficient (Wildman–Crippen LogP) is 2.94. The third-order valence-electron chi connectivity index (χ3n) is 3.91.